The summed E-state index contributed by atoms with van der Waals surface area (Å²) in [6.45, 7) is 8.02. The lowest BCUT2D eigenvalue weighted by atomic mass is 10.1. The Labute approximate surface area is 179 Å². The van der Waals surface area contributed by atoms with Crippen molar-refractivity contribution in [3.8, 4) is 5.75 Å². The zero-order chi connectivity index (χ0) is 21.8. The molecule has 1 aliphatic rings. The van der Waals surface area contributed by atoms with E-state index in [1.807, 2.05) is 29.2 Å². The maximum Gasteiger partial charge on any atom is 0.305 e. The van der Waals surface area contributed by atoms with Gasteiger partial charge in [-0.25, -0.2) is 0 Å². The lowest BCUT2D eigenvalue weighted by molar-refractivity contribution is -0.141. The minimum atomic E-state index is -0.222. The minimum absolute atomic E-state index is 0.0846. The van der Waals surface area contributed by atoms with Crippen LogP contribution >= 0.6 is 0 Å². The monoisotopic (exact) mass is 418 g/mol. The van der Waals surface area contributed by atoms with Crippen molar-refractivity contribution in [2.75, 3.05) is 53.6 Å². The highest BCUT2D eigenvalue weighted by Crippen LogP contribution is 2.24. The summed E-state index contributed by atoms with van der Waals surface area (Å²) in [6.07, 6.45) is 3.91. The number of amides is 1. The van der Waals surface area contributed by atoms with Crippen molar-refractivity contribution in [2.45, 2.75) is 31.8 Å². The molecule has 0 spiro atoms. The molecule has 0 bridgehead atoms. The number of nitrogens with zero attached hydrogens (tertiary/aromatic N) is 2. The summed E-state index contributed by atoms with van der Waals surface area (Å²) in [5.41, 5.74) is 1.07. The lowest BCUT2D eigenvalue weighted by Crippen LogP contribution is -2.49. The van der Waals surface area contributed by atoms with Crippen molar-refractivity contribution in [3.05, 3.63) is 42.5 Å². The van der Waals surface area contributed by atoms with Crippen LogP contribution in [-0.2, 0) is 19.1 Å². The van der Waals surface area contributed by atoms with E-state index in [0.717, 1.165) is 30.9 Å². The maximum absolute atomic E-state index is 12.4. The Bertz CT molecular complexity index is 686. The van der Waals surface area contributed by atoms with Gasteiger partial charge in [0.05, 0.1) is 26.9 Å². The van der Waals surface area contributed by atoms with Gasteiger partial charge >= 0.3 is 5.97 Å². The van der Waals surface area contributed by atoms with E-state index in [0.29, 0.717) is 45.4 Å². The molecule has 0 radical (unpaired) electrons. The molecule has 1 atom stereocenters. The summed E-state index contributed by atoms with van der Waals surface area (Å²) in [5.74, 6) is 0.745. The fourth-order valence-corrected chi connectivity index (χ4v) is 3.50. The first-order valence-electron chi connectivity index (χ1n) is 10.5. The fourth-order valence-electron chi connectivity index (χ4n) is 3.50. The average Bonchev–Trinajstić information content (AvgIpc) is 2.79. The van der Waals surface area contributed by atoms with Gasteiger partial charge in [0.2, 0.25) is 5.91 Å². The number of esters is 1. The van der Waals surface area contributed by atoms with Gasteiger partial charge in [-0.2, -0.15) is 0 Å². The van der Waals surface area contributed by atoms with Crippen LogP contribution in [0.3, 0.4) is 0 Å². The quantitative estimate of drug-likeness (QED) is 0.295. The molecule has 1 aliphatic heterocycles. The van der Waals surface area contributed by atoms with Gasteiger partial charge in [0.25, 0.3) is 0 Å². The lowest BCUT2D eigenvalue weighted by Gasteiger charge is -2.36. The van der Waals surface area contributed by atoms with Crippen LogP contribution in [-0.4, -0.2) is 75.2 Å². The van der Waals surface area contributed by atoms with Crippen molar-refractivity contribution >= 4 is 11.9 Å². The number of unbranched alkanes of at least 4 members (excludes halogenated alkanes) is 1. The van der Waals surface area contributed by atoms with E-state index in [2.05, 4.69) is 16.2 Å². The molecule has 1 aromatic rings. The predicted octanol–water partition coefficient (Wildman–Crippen LogP) is 2.82. The molecule has 2 rings (SSSR count). The van der Waals surface area contributed by atoms with Gasteiger partial charge in [-0.15, -0.1) is 6.58 Å². The summed E-state index contributed by atoms with van der Waals surface area (Å²) in [4.78, 5) is 27.8. The van der Waals surface area contributed by atoms with Crippen molar-refractivity contribution in [1.29, 1.82) is 0 Å². The standard InChI is InChI=1S/C23H34N2O5/c1-4-16-30-21(19-8-7-9-20(17-19)28-2)18-24-12-14-25(15-13-24)22(26)10-5-6-11-23(27)29-3/h4,7-9,17,21H,1,5-6,10-16,18H2,2-3H3. The second-order valence-corrected chi connectivity index (χ2v) is 7.35. The average molecular weight is 419 g/mol. The second kappa shape index (κ2) is 13.0. The van der Waals surface area contributed by atoms with E-state index < -0.39 is 0 Å². The number of carbonyl (C=O) groups is 2. The molecule has 1 heterocycles. The van der Waals surface area contributed by atoms with E-state index in [1.54, 1.807) is 13.2 Å². The molecule has 7 nitrogen and oxygen atoms in total. The van der Waals surface area contributed by atoms with Crippen LogP contribution in [0.2, 0.25) is 0 Å². The molecule has 0 N–H and O–H groups in total. The van der Waals surface area contributed by atoms with E-state index in [-0.39, 0.29) is 18.0 Å². The van der Waals surface area contributed by atoms with E-state index in [4.69, 9.17) is 9.47 Å². The Morgan fingerprint density at radius 1 is 1.13 bits per heavy atom. The number of hydrogen-bond acceptors (Lipinski definition) is 6. The van der Waals surface area contributed by atoms with Crippen LogP contribution in [0, 0.1) is 0 Å². The highest BCUT2D eigenvalue weighted by molar-refractivity contribution is 5.76. The van der Waals surface area contributed by atoms with Crippen molar-refractivity contribution in [3.63, 3.8) is 0 Å². The van der Waals surface area contributed by atoms with Crippen LogP contribution in [0.5, 0.6) is 5.75 Å². The molecule has 1 fully saturated rings. The number of piperazine rings is 1. The molecule has 1 saturated heterocycles. The number of carbonyl (C=O) groups excluding carboxylic acids is 2. The molecule has 1 aromatic carbocycles. The van der Waals surface area contributed by atoms with Gasteiger partial charge in [-0.3, -0.25) is 14.5 Å². The number of ether oxygens (including phenoxy) is 3. The van der Waals surface area contributed by atoms with E-state index in [1.165, 1.54) is 7.11 Å². The Balaban J connectivity index is 1.81. The molecule has 1 unspecified atom stereocenters. The van der Waals surface area contributed by atoms with Crippen LogP contribution in [0.15, 0.2) is 36.9 Å². The molecule has 30 heavy (non-hydrogen) atoms. The first-order valence-corrected chi connectivity index (χ1v) is 10.5. The Morgan fingerprint density at radius 3 is 2.53 bits per heavy atom. The number of methoxy groups -OCH3 is 2. The Kier molecular flexibility index (Phi) is 10.4. The van der Waals surface area contributed by atoms with Gasteiger partial charge < -0.3 is 19.1 Å². The predicted molar refractivity (Wildman–Crippen MR) is 115 cm³/mol. The van der Waals surface area contributed by atoms with E-state index in [9.17, 15) is 9.59 Å². The zero-order valence-corrected chi connectivity index (χ0v) is 18.2. The fraction of sp³-hybridized carbons (Fsp3) is 0.565. The number of hydrogen-bond donors (Lipinski definition) is 0. The summed E-state index contributed by atoms with van der Waals surface area (Å²) in [6, 6.07) is 7.94. The van der Waals surface area contributed by atoms with Gasteiger partial charge in [0.15, 0.2) is 0 Å². The minimum Gasteiger partial charge on any atom is -0.497 e. The third kappa shape index (κ3) is 7.80. The largest absolute Gasteiger partial charge is 0.497 e. The molecule has 0 aromatic heterocycles. The topological polar surface area (TPSA) is 68.3 Å². The van der Waals surface area contributed by atoms with Gasteiger partial charge in [-0.1, -0.05) is 18.2 Å². The highest BCUT2D eigenvalue weighted by Gasteiger charge is 2.24. The zero-order valence-electron chi connectivity index (χ0n) is 18.2. The smallest absolute Gasteiger partial charge is 0.305 e. The number of rotatable bonds is 12. The molecule has 7 heteroatoms. The van der Waals surface area contributed by atoms with Gasteiger partial charge in [0.1, 0.15) is 5.75 Å². The van der Waals surface area contributed by atoms with Crippen LogP contribution in [0.1, 0.15) is 37.4 Å². The summed E-state index contributed by atoms with van der Waals surface area (Å²) < 4.78 is 16.0. The summed E-state index contributed by atoms with van der Waals surface area (Å²) in [5, 5.41) is 0. The van der Waals surface area contributed by atoms with E-state index >= 15 is 0 Å². The second-order valence-electron chi connectivity index (χ2n) is 7.35. The maximum atomic E-state index is 12.4. The van der Waals surface area contributed by atoms with Crippen LogP contribution in [0.4, 0.5) is 0 Å². The normalized spacial score (nSPS) is 15.5. The third-order valence-corrected chi connectivity index (χ3v) is 5.28. The first-order chi connectivity index (χ1) is 14.6. The molecular formula is C23H34N2O5. The number of benzene rings is 1. The highest BCUT2D eigenvalue weighted by atomic mass is 16.5. The Morgan fingerprint density at radius 2 is 1.87 bits per heavy atom. The third-order valence-electron chi connectivity index (χ3n) is 5.28. The molecule has 0 aliphatic carbocycles. The summed E-state index contributed by atoms with van der Waals surface area (Å²) in [7, 11) is 3.04. The Hall–Kier alpha value is -2.38. The molecule has 166 valence electrons. The van der Waals surface area contributed by atoms with Crippen molar-refractivity contribution in [2.24, 2.45) is 0 Å². The molecular weight excluding hydrogens is 384 g/mol. The molecule has 1 amide bonds. The van der Waals surface area contributed by atoms with Crippen LogP contribution < -0.4 is 4.74 Å². The van der Waals surface area contributed by atoms with Gasteiger partial charge in [0, 0.05) is 45.6 Å². The first kappa shape index (κ1) is 23.9. The van der Waals surface area contributed by atoms with Gasteiger partial charge in [-0.05, 0) is 30.5 Å². The SMILES string of the molecule is C=CCOC(CN1CCN(C(=O)CCCCC(=O)OC)CC1)c1cccc(OC)c1. The van der Waals surface area contributed by atoms with Crippen molar-refractivity contribution < 1.29 is 23.8 Å². The summed E-state index contributed by atoms with van der Waals surface area (Å²) >= 11 is 0. The molecule has 0 saturated carbocycles. The van der Waals surface area contributed by atoms with Crippen molar-refractivity contribution in [1.82, 2.24) is 9.80 Å². The van der Waals surface area contributed by atoms with Crippen LogP contribution in [0.25, 0.3) is 0 Å².